The quantitative estimate of drug-likeness (QED) is 0.506. The molecule has 1 aliphatic rings. The Labute approximate surface area is 83.6 Å². The van der Waals surface area contributed by atoms with Gasteiger partial charge < -0.3 is 10.6 Å². The standard InChI is InChI=1S/C9H17N3O2/c1-10-8(13)5-11-6-9(14)12-4-7-2-3-7/h7,11H,2-6H2,1H3,(H,10,13)(H,12,14). The Morgan fingerprint density at radius 2 is 1.86 bits per heavy atom. The summed E-state index contributed by atoms with van der Waals surface area (Å²) in [4.78, 5) is 21.9. The molecule has 1 saturated carbocycles. The number of rotatable bonds is 6. The molecule has 1 aliphatic carbocycles. The minimum atomic E-state index is -0.111. The lowest BCUT2D eigenvalue weighted by atomic mass is 10.4. The van der Waals surface area contributed by atoms with Gasteiger partial charge in [-0.15, -0.1) is 0 Å². The predicted octanol–water partition coefficient (Wildman–Crippen LogP) is -1.15. The zero-order chi connectivity index (χ0) is 10.4. The summed E-state index contributed by atoms with van der Waals surface area (Å²) < 4.78 is 0. The molecule has 0 heterocycles. The molecule has 0 aromatic rings. The van der Waals surface area contributed by atoms with E-state index in [1.807, 2.05) is 0 Å². The molecule has 0 aromatic carbocycles. The number of carbonyl (C=O) groups excluding carboxylic acids is 2. The maximum Gasteiger partial charge on any atom is 0.233 e. The van der Waals surface area contributed by atoms with Crippen LogP contribution in [0.25, 0.3) is 0 Å². The summed E-state index contributed by atoms with van der Waals surface area (Å²) in [5.74, 6) is 0.540. The molecule has 0 spiro atoms. The van der Waals surface area contributed by atoms with Crippen LogP contribution >= 0.6 is 0 Å². The maximum atomic E-state index is 11.1. The minimum absolute atomic E-state index is 0.0409. The highest BCUT2D eigenvalue weighted by Crippen LogP contribution is 2.27. The number of nitrogens with one attached hydrogen (secondary N) is 3. The van der Waals surface area contributed by atoms with Gasteiger partial charge in [0.1, 0.15) is 0 Å². The second-order valence-electron chi connectivity index (χ2n) is 3.52. The maximum absolute atomic E-state index is 11.1. The number of likely N-dealkylation sites (N-methyl/N-ethyl adjacent to an activating group) is 1. The van der Waals surface area contributed by atoms with E-state index in [0.29, 0.717) is 5.92 Å². The van der Waals surface area contributed by atoms with Crippen LogP contribution in [0.5, 0.6) is 0 Å². The lowest BCUT2D eigenvalue weighted by Gasteiger charge is -2.04. The smallest absolute Gasteiger partial charge is 0.233 e. The summed E-state index contributed by atoms with van der Waals surface area (Å²) in [7, 11) is 1.57. The summed E-state index contributed by atoms with van der Waals surface area (Å²) in [5, 5.41) is 8.02. The van der Waals surface area contributed by atoms with Gasteiger partial charge in [0.2, 0.25) is 11.8 Å². The summed E-state index contributed by atoms with van der Waals surface area (Å²) in [6.45, 7) is 1.17. The molecular weight excluding hydrogens is 182 g/mol. The first-order valence-electron chi connectivity index (χ1n) is 4.90. The van der Waals surface area contributed by atoms with Crippen molar-refractivity contribution in [3.63, 3.8) is 0 Å². The molecule has 0 radical (unpaired) electrons. The van der Waals surface area contributed by atoms with E-state index in [-0.39, 0.29) is 24.9 Å². The Kier molecular flexibility index (Phi) is 4.39. The molecule has 5 nitrogen and oxygen atoms in total. The molecule has 3 N–H and O–H groups in total. The van der Waals surface area contributed by atoms with Gasteiger partial charge in [-0.05, 0) is 18.8 Å². The normalized spacial score (nSPS) is 14.9. The Bertz CT molecular complexity index is 214. The monoisotopic (exact) mass is 199 g/mol. The van der Waals surface area contributed by atoms with Gasteiger partial charge >= 0.3 is 0 Å². The molecule has 5 heteroatoms. The molecule has 2 amide bonds. The van der Waals surface area contributed by atoms with Crippen LogP contribution in [-0.4, -0.2) is 38.5 Å². The van der Waals surface area contributed by atoms with Gasteiger partial charge in [-0.2, -0.15) is 0 Å². The Balaban J connectivity index is 1.93. The van der Waals surface area contributed by atoms with E-state index in [9.17, 15) is 9.59 Å². The van der Waals surface area contributed by atoms with Crippen LogP contribution in [0.1, 0.15) is 12.8 Å². The van der Waals surface area contributed by atoms with E-state index in [0.717, 1.165) is 6.54 Å². The van der Waals surface area contributed by atoms with Crippen molar-refractivity contribution in [2.45, 2.75) is 12.8 Å². The number of hydrogen-bond acceptors (Lipinski definition) is 3. The van der Waals surface area contributed by atoms with Crippen molar-refractivity contribution in [1.82, 2.24) is 16.0 Å². The van der Waals surface area contributed by atoms with E-state index >= 15 is 0 Å². The lowest BCUT2D eigenvalue weighted by molar-refractivity contribution is -0.121. The van der Waals surface area contributed by atoms with Crippen molar-refractivity contribution in [3.8, 4) is 0 Å². The predicted molar refractivity (Wildman–Crippen MR) is 52.7 cm³/mol. The first-order valence-corrected chi connectivity index (χ1v) is 4.90. The van der Waals surface area contributed by atoms with Crippen LogP contribution < -0.4 is 16.0 Å². The topological polar surface area (TPSA) is 70.2 Å². The van der Waals surface area contributed by atoms with Crippen molar-refractivity contribution < 1.29 is 9.59 Å². The van der Waals surface area contributed by atoms with Crippen LogP contribution in [0, 0.1) is 5.92 Å². The van der Waals surface area contributed by atoms with Crippen molar-refractivity contribution in [2.24, 2.45) is 5.92 Å². The van der Waals surface area contributed by atoms with Crippen molar-refractivity contribution in [2.75, 3.05) is 26.7 Å². The average Bonchev–Trinajstić information content (AvgIpc) is 2.98. The number of amides is 2. The van der Waals surface area contributed by atoms with Crippen LogP contribution in [-0.2, 0) is 9.59 Å². The van der Waals surface area contributed by atoms with Crippen molar-refractivity contribution in [3.05, 3.63) is 0 Å². The second kappa shape index (κ2) is 5.59. The largest absolute Gasteiger partial charge is 0.358 e. The first-order chi connectivity index (χ1) is 6.72. The van der Waals surface area contributed by atoms with Gasteiger partial charge in [-0.25, -0.2) is 0 Å². The minimum Gasteiger partial charge on any atom is -0.358 e. The highest BCUT2D eigenvalue weighted by Gasteiger charge is 2.21. The van der Waals surface area contributed by atoms with Crippen LogP contribution in [0.3, 0.4) is 0 Å². The first kappa shape index (κ1) is 11.0. The molecule has 1 rings (SSSR count). The lowest BCUT2D eigenvalue weighted by Crippen LogP contribution is -2.39. The number of hydrogen-bond donors (Lipinski definition) is 3. The third-order valence-electron chi connectivity index (χ3n) is 2.13. The van der Waals surface area contributed by atoms with Gasteiger partial charge in [0.15, 0.2) is 0 Å². The van der Waals surface area contributed by atoms with Gasteiger partial charge in [-0.1, -0.05) is 0 Å². The third-order valence-corrected chi connectivity index (χ3v) is 2.13. The Morgan fingerprint density at radius 1 is 1.21 bits per heavy atom. The summed E-state index contributed by atoms with van der Waals surface area (Å²) in [5.41, 5.74) is 0. The molecule has 80 valence electrons. The zero-order valence-electron chi connectivity index (χ0n) is 8.43. The Hall–Kier alpha value is -1.10. The second-order valence-corrected chi connectivity index (χ2v) is 3.52. The third kappa shape index (κ3) is 4.81. The van der Waals surface area contributed by atoms with Crippen molar-refractivity contribution in [1.29, 1.82) is 0 Å². The van der Waals surface area contributed by atoms with E-state index in [4.69, 9.17) is 0 Å². The molecule has 0 bridgehead atoms. The molecule has 0 aliphatic heterocycles. The van der Waals surface area contributed by atoms with Crippen LogP contribution in [0.4, 0.5) is 0 Å². The molecule has 14 heavy (non-hydrogen) atoms. The highest BCUT2D eigenvalue weighted by atomic mass is 16.2. The summed E-state index contributed by atoms with van der Waals surface area (Å²) in [6.07, 6.45) is 2.46. The molecule has 0 saturated heterocycles. The van der Waals surface area contributed by atoms with Crippen LogP contribution in [0.15, 0.2) is 0 Å². The molecule has 0 atom stereocenters. The Morgan fingerprint density at radius 3 is 2.43 bits per heavy atom. The number of carbonyl (C=O) groups is 2. The van der Waals surface area contributed by atoms with E-state index in [1.165, 1.54) is 12.8 Å². The van der Waals surface area contributed by atoms with E-state index in [2.05, 4.69) is 16.0 Å². The van der Waals surface area contributed by atoms with E-state index < -0.39 is 0 Å². The van der Waals surface area contributed by atoms with Crippen LogP contribution in [0.2, 0.25) is 0 Å². The van der Waals surface area contributed by atoms with Gasteiger partial charge in [0.25, 0.3) is 0 Å². The molecule has 0 unspecified atom stereocenters. The van der Waals surface area contributed by atoms with Crippen molar-refractivity contribution >= 4 is 11.8 Å². The van der Waals surface area contributed by atoms with Gasteiger partial charge in [-0.3, -0.25) is 14.9 Å². The SMILES string of the molecule is CNC(=O)CNCC(=O)NCC1CC1. The average molecular weight is 199 g/mol. The molecule has 0 aromatic heterocycles. The highest BCUT2D eigenvalue weighted by molar-refractivity contribution is 5.80. The fourth-order valence-electron chi connectivity index (χ4n) is 1.02. The zero-order valence-corrected chi connectivity index (χ0v) is 8.43. The van der Waals surface area contributed by atoms with E-state index in [1.54, 1.807) is 7.05 Å². The summed E-state index contributed by atoms with van der Waals surface area (Å²) >= 11 is 0. The van der Waals surface area contributed by atoms with Gasteiger partial charge in [0.05, 0.1) is 13.1 Å². The van der Waals surface area contributed by atoms with Gasteiger partial charge in [0, 0.05) is 13.6 Å². The fraction of sp³-hybridized carbons (Fsp3) is 0.778. The molecule has 1 fully saturated rings. The summed E-state index contributed by atoms with van der Waals surface area (Å²) in [6, 6.07) is 0. The fourth-order valence-corrected chi connectivity index (χ4v) is 1.02. The molecular formula is C9H17N3O2.